The number of benzene rings is 2. The summed E-state index contributed by atoms with van der Waals surface area (Å²) >= 11 is 0. The van der Waals surface area contributed by atoms with Gasteiger partial charge in [0.25, 0.3) is 0 Å². The van der Waals surface area contributed by atoms with Crippen LogP contribution in [-0.2, 0) is 21.4 Å². The quantitative estimate of drug-likeness (QED) is 0.613. The van der Waals surface area contributed by atoms with E-state index in [9.17, 15) is 13.2 Å². The van der Waals surface area contributed by atoms with Crippen LogP contribution in [0.1, 0.15) is 24.0 Å². The normalized spacial score (nSPS) is 14.0. The molecule has 0 atom stereocenters. The molecule has 2 N–H and O–H groups in total. The molecule has 2 aromatic carbocycles. The Morgan fingerprint density at radius 2 is 1.83 bits per heavy atom. The van der Waals surface area contributed by atoms with Crippen LogP contribution >= 0.6 is 0 Å². The van der Waals surface area contributed by atoms with E-state index in [1.54, 1.807) is 44.6 Å². The lowest BCUT2D eigenvalue weighted by Gasteiger charge is -2.10. The van der Waals surface area contributed by atoms with Gasteiger partial charge in [0.15, 0.2) is 0 Å². The molecule has 1 fully saturated rings. The molecule has 7 nitrogen and oxygen atoms in total. The molecular weight excluding hydrogens is 392 g/mol. The van der Waals surface area contributed by atoms with E-state index in [1.807, 2.05) is 6.07 Å². The number of nitrogens with one attached hydrogen (secondary N) is 2. The number of hydrogen-bond donors (Lipinski definition) is 2. The van der Waals surface area contributed by atoms with Gasteiger partial charge in [0.2, 0.25) is 15.9 Å². The van der Waals surface area contributed by atoms with Crippen molar-refractivity contribution in [2.75, 3.05) is 14.2 Å². The Balaban J connectivity index is 1.56. The third-order valence-corrected chi connectivity index (χ3v) is 6.00. The maximum Gasteiger partial charge on any atom is 0.244 e. The molecule has 8 heteroatoms. The first-order valence-electron chi connectivity index (χ1n) is 9.20. The Morgan fingerprint density at radius 1 is 1.10 bits per heavy atom. The van der Waals surface area contributed by atoms with Gasteiger partial charge >= 0.3 is 0 Å². The summed E-state index contributed by atoms with van der Waals surface area (Å²) in [5.74, 6) is 1.04. The van der Waals surface area contributed by atoms with Crippen LogP contribution < -0.4 is 19.5 Å². The third kappa shape index (κ3) is 5.82. The Morgan fingerprint density at radius 3 is 2.45 bits per heavy atom. The molecule has 1 aliphatic carbocycles. The Kier molecular flexibility index (Phi) is 6.56. The van der Waals surface area contributed by atoms with E-state index in [0.29, 0.717) is 18.0 Å². The fourth-order valence-corrected chi connectivity index (χ4v) is 3.96. The summed E-state index contributed by atoms with van der Waals surface area (Å²) in [6, 6.07) is 11.8. The van der Waals surface area contributed by atoms with Gasteiger partial charge < -0.3 is 14.8 Å². The average Bonchev–Trinajstić information content (AvgIpc) is 3.54. The molecule has 29 heavy (non-hydrogen) atoms. The molecule has 0 heterocycles. The second-order valence-electron chi connectivity index (χ2n) is 6.69. The number of hydrogen-bond acceptors (Lipinski definition) is 5. The van der Waals surface area contributed by atoms with Crippen molar-refractivity contribution < 1.29 is 22.7 Å². The highest BCUT2D eigenvalue weighted by Crippen LogP contribution is 2.24. The van der Waals surface area contributed by atoms with Gasteiger partial charge in [0, 0.05) is 30.3 Å². The molecule has 1 saturated carbocycles. The molecule has 154 valence electrons. The number of amides is 1. The zero-order chi connectivity index (χ0) is 20.9. The maximum absolute atomic E-state index is 12.2. The molecule has 0 aliphatic heterocycles. The average molecular weight is 416 g/mol. The molecule has 2 aromatic rings. The van der Waals surface area contributed by atoms with Crippen molar-refractivity contribution in [3.8, 4) is 11.5 Å². The van der Waals surface area contributed by atoms with E-state index >= 15 is 0 Å². The molecule has 0 aromatic heterocycles. The van der Waals surface area contributed by atoms with Gasteiger partial charge in [-0.15, -0.1) is 0 Å². The SMILES string of the molecule is COc1ccc(CNC(=O)/C=C/c2ccc(S(=O)(=O)NC3CC3)cc2)c(OC)c1. The first kappa shape index (κ1) is 20.9. The van der Waals surface area contributed by atoms with E-state index in [4.69, 9.17) is 9.47 Å². The van der Waals surface area contributed by atoms with Crippen molar-refractivity contribution in [3.05, 3.63) is 59.7 Å². The lowest BCUT2D eigenvalue weighted by atomic mass is 10.2. The number of ether oxygens (including phenoxy) is 2. The fourth-order valence-electron chi connectivity index (χ4n) is 2.66. The summed E-state index contributed by atoms with van der Waals surface area (Å²) in [5, 5.41) is 2.79. The second-order valence-corrected chi connectivity index (χ2v) is 8.41. The molecule has 0 saturated heterocycles. The van der Waals surface area contributed by atoms with Crippen LogP contribution in [0.4, 0.5) is 0 Å². The summed E-state index contributed by atoms with van der Waals surface area (Å²) in [6.45, 7) is 0.306. The van der Waals surface area contributed by atoms with Crippen LogP contribution in [0.2, 0.25) is 0 Å². The summed E-state index contributed by atoms with van der Waals surface area (Å²) < 4.78 is 37.4. The van der Waals surface area contributed by atoms with Gasteiger partial charge in [-0.2, -0.15) is 0 Å². The van der Waals surface area contributed by atoms with Crippen molar-refractivity contribution >= 4 is 22.0 Å². The lowest BCUT2D eigenvalue weighted by molar-refractivity contribution is -0.116. The predicted octanol–water partition coefficient (Wildman–Crippen LogP) is 2.47. The topological polar surface area (TPSA) is 93.7 Å². The molecule has 1 amide bonds. The first-order chi connectivity index (χ1) is 13.9. The molecule has 0 bridgehead atoms. The van der Waals surface area contributed by atoms with Gasteiger partial charge in [-0.05, 0) is 48.7 Å². The standard InChI is InChI=1S/C21H24N2O5S/c1-27-18-9-6-16(20(13-18)28-2)14-22-21(24)12-5-15-3-10-19(11-4-15)29(25,26)23-17-7-8-17/h3-6,9-13,17,23H,7-8,14H2,1-2H3,(H,22,24)/b12-5+. The fraction of sp³-hybridized carbons (Fsp3) is 0.286. The van der Waals surface area contributed by atoms with Crippen molar-refractivity contribution in [1.29, 1.82) is 0 Å². The molecule has 0 spiro atoms. The van der Waals surface area contributed by atoms with Gasteiger partial charge in [-0.1, -0.05) is 12.1 Å². The van der Waals surface area contributed by atoms with Crippen molar-refractivity contribution in [2.45, 2.75) is 30.3 Å². The van der Waals surface area contributed by atoms with Crippen LogP contribution in [0.25, 0.3) is 6.08 Å². The van der Waals surface area contributed by atoms with Crippen LogP contribution in [0, 0.1) is 0 Å². The maximum atomic E-state index is 12.2. The Hall–Kier alpha value is -2.84. The van der Waals surface area contributed by atoms with Crippen LogP contribution in [-0.4, -0.2) is 34.6 Å². The van der Waals surface area contributed by atoms with Crippen LogP contribution in [0.3, 0.4) is 0 Å². The zero-order valence-corrected chi connectivity index (χ0v) is 17.2. The van der Waals surface area contributed by atoms with Crippen LogP contribution in [0.5, 0.6) is 11.5 Å². The minimum atomic E-state index is -3.47. The highest BCUT2D eigenvalue weighted by Gasteiger charge is 2.27. The van der Waals surface area contributed by atoms with E-state index in [0.717, 1.165) is 24.0 Å². The van der Waals surface area contributed by atoms with Gasteiger partial charge in [0.05, 0.1) is 19.1 Å². The Bertz CT molecular complexity index is 996. The monoisotopic (exact) mass is 416 g/mol. The number of methoxy groups -OCH3 is 2. The smallest absolute Gasteiger partial charge is 0.244 e. The molecule has 1 aliphatic rings. The highest BCUT2D eigenvalue weighted by molar-refractivity contribution is 7.89. The number of rotatable bonds is 9. The van der Waals surface area contributed by atoms with E-state index < -0.39 is 10.0 Å². The minimum Gasteiger partial charge on any atom is -0.497 e. The second kappa shape index (κ2) is 9.11. The Labute approximate surface area is 170 Å². The van der Waals surface area contributed by atoms with E-state index in [-0.39, 0.29) is 16.8 Å². The van der Waals surface area contributed by atoms with Gasteiger partial charge in [-0.3, -0.25) is 4.79 Å². The van der Waals surface area contributed by atoms with E-state index in [2.05, 4.69) is 10.0 Å². The molecular formula is C21H24N2O5S. The van der Waals surface area contributed by atoms with Gasteiger partial charge in [0.1, 0.15) is 11.5 Å². The minimum absolute atomic E-state index is 0.0626. The lowest BCUT2D eigenvalue weighted by Crippen LogP contribution is -2.25. The summed E-state index contributed by atoms with van der Waals surface area (Å²) in [5.41, 5.74) is 1.56. The first-order valence-corrected chi connectivity index (χ1v) is 10.7. The number of carbonyl (C=O) groups is 1. The number of carbonyl (C=O) groups excluding carboxylic acids is 1. The van der Waals surface area contributed by atoms with Gasteiger partial charge in [-0.25, -0.2) is 13.1 Å². The summed E-state index contributed by atoms with van der Waals surface area (Å²) in [4.78, 5) is 12.3. The van der Waals surface area contributed by atoms with Crippen molar-refractivity contribution in [1.82, 2.24) is 10.0 Å². The summed E-state index contributed by atoms with van der Waals surface area (Å²) in [7, 11) is -0.335. The predicted molar refractivity (Wildman–Crippen MR) is 110 cm³/mol. The van der Waals surface area contributed by atoms with Crippen LogP contribution in [0.15, 0.2) is 53.4 Å². The largest absolute Gasteiger partial charge is 0.497 e. The molecule has 0 unspecified atom stereocenters. The van der Waals surface area contributed by atoms with Crippen molar-refractivity contribution in [3.63, 3.8) is 0 Å². The molecule has 3 rings (SSSR count). The van der Waals surface area contributed by atoms with Crippen molar-refractivity contribution in [2.24, 2.45) is 0 Å². The molecule has 0 radical (unpaired) electrons. The third-order valence-electron chi connectivity index (χ3n) is 4.46. The van der Waals surface area contributed by atoms with E-state index in [1.165, 1.54) is 18.2 Å². The zero-order valence-electron chi connectivity index (χ0n) is 16.3. The highest BCUT2D eigenvalue weighted by atomic mass is 32.2. The number of sulfonamides is 1. The summed E-state index contributed by atoms with van der Waals surface area (Å²) in [6.07, 6.45) is 4.81.